The van der Waals surface area contributed by atoms with E-state index in [4.69, 9.17) is 4.74 Å². The number of pyridine rings is 1. The molecule has 0 saturated heterocycles. The number of hydrogen-bond donors (Lipinski definition) is 0. The molecule has 0 aliphatic carbocycles. The third kappa shape index (κ3) is 2.79. The summed E-state index contributed by atoms with van der Waals surface area (Å²) < 4.78 is 5.28. The van der Waals surface area contributed by atoms with Crippen LogP contribution in [0.25, 0.3) is 10.9 Å². The quantitative estimate of drug-likeness (QED) is 0.690. The highest BCUT2D eigenvalue weighted by Crippen LogP contribution is 2.21. The van der Waals surface area contributed by atoms with Crippen molar-refractivity contribution in [2.45, 2.75) is 6.10 Å². The van der Waals surface area contributed by atoms with Gasteiger partial charge in [0.1, 0.15) is 6.07 Å². The molecule has 0 aliphatic heterocycles. The molecule has 1 heterocycles. The Labute approximate surface area is 127 Å². The zero-order valence-corrected chi connectivity index (χ0v) is 11.6. The van der Waals surface area contributed by atoms with Gasteiger partial charge in [0.05, 0.1) is 11.1 Å². The summed E-state index contributed by atoms with van der Waals surface area (Å²) >= 11 is 0. The minimum Gasteiger partial charge on any atom is -0.438 e. The van der Waals surface area contributed by atoms with Gasteiger partial charge in [0, 0.05) is 17.1 Å². The van der Waals surface area contributed by atoms with Crippen LogP contribution in [0.5, 0.6) is 0 Å². The maximum atomic E-state index is 12.1. The summed E-state index contributed by atoms with van der Waals surface area (Å²) in [6, 6.07) is 20.0. The molecule has 1 atom stereocenters. The molecule has 4 heteroatoms. The summed E-state index contributed by atoms with van der Waals surface area (Å²) in [6.45, 7) is 0. The minimum absolute atomic E-state index is 0.413. The second-order valence-electron chi connectivity index (χ2n) is 4.74. The standard InChI is InChI=1S/C18H12N2O2/c19-11-17(22-18(21)13-6-2-1-3-7-13)15-10-14-8-4-5-9-16(14)20-12-15/h1-10,12,17H/t17-/m0/s1. The largest absolute Gasteiger partial charge is 0.438 e. The molecule has 2 aromatic carbocycles. The van der Waals surface area contributed by atoms with Gasteiger partial charge in [-0.3, -0.25) is 4.98 Å². The SMILES string of the molecule is N#C[C@H](OC(=O)c1ccccc1)c1cnc2ccccc2c1. The highest BCUT2D eigenvalue weighted by atomic mass is 16.5. The highest BCUT2D eigenvalue weighted by Gasteiger charge is 2.18. The molecule has 106 valence electrons. The first kappa shape index (κ1) is 13.8. The normalized spacial score (nSPS) is 11.6. The summed E-state index contributed by atoms with van der Waals surface area (Å²) in [6.07, 6.45) is 0.582. The van der Waals surface area contributed by atoms with Crippen LogP contribution in [0.4, 0.5) is 0 Å². The van der Waals surface area contributed by atoms with Crippen molar-refractivity contribution in [1.29, 1.82) is 5.26 Å². The monoisotopic (exact) mass is 288 g/mol. The van der Waals surface area contributed by atoms with Crippen LogP contribution in [-0.4, -0.2) is 11.0 Å². The fourth-order valence-corrected chi connectivity index (χ4v) is 2.15. The predicted octanol–water partition coefficient (Wildman–Crippen LogP) is 3.66. The summed E-state index contributed by atoms with van der Waals surface area (Å²) in [5, 5.41) is 10.2. The Hall–Kier alpha value is -3.19. The molecule has 0 amide bonds. The van der Waals surface area contributed by atoms with Crippen molar-refractivity contribution < 1.29 is 9.53 Å². The molecule has 0 aliphatic rings. The van der Waals surface area contributed by atoms with E-state index in [0.29, 0.717) is 11.1 Å². The van der Waals surface area contributed by atoms with Crippen molar-refractivity contribution in [2.75, 3.05) is 0 Å². The van der Waals surface area contributed by atoms with Gasteiger partial charge >= 0.3 is 5.97 Å². The van der Waals surface area contributed by atoms with Crippen LogP contribution in [0.15, 0.2) is 66.9 Å². The first-order valence-corrected chi connectivity index (χ1v) is 6.78. The Kier molecular flexibility index (Phi) is 3.80. The van der Waals surface area contributed by atoms with Crippen molar-refractivity contribution >= 4 is 16.9 Å². The van der Waals surface area contributed by atoms with Crippen LogP contribution in [0, 0.1) is 11.3 Å². The van der Waals surface area contributed by atoms with Gasteiger partial charge in [0.25, 0.3) is 0 Å². The van der Waals surface area contributed by atoms with Crippen molar-refractivity contribution in [3.8, 4) is 6.07 Å². The summed E-state index contributed by atoms with van der Waals surface area (Å²) in [4.78, 5) is 16.3. The van der Waals surface area contributed by atoms with E-state index < -0.39 is 12.1 Å². The van der Waals surface area contributed by atoms with Crippen molar-refractivity contribution in [1.82, 2.24) is 4.98 Å². The van der Waals surface area contributed by atoms with Crippen LogP contribution in [0.3, 0.4) is 0 Å². The number of nitriles is 1. The first-order chi connectivity index (χ1) is 10.8. The maximum Gasteiger partial charge on any atom is 0.339 e. The number of benzene rings is 2. The molecule has 3 rings (SSSR count). The molecule has 4 nitrogen and oxygen atoms in total. The fourth-order valence-electron chi connectivity index (χ4n) is 2.15. The molecular formula is C18H12N2O2. The van der Waals surface area contributed by atoms with E-state index >= 15 is 0 Å². The number of carbonyl (C=O) groups excluding carboxylic acids is 1. The maximum absolute atomic E-state index is 12.1. The minimum atomic E-state index is -0.982. The molecule has 3 aromatic rings. The van der Waals surface area contributed by atoms with Crippen LogP contribution >= 0.6 is 0 Å². The molecule has 0 bridgehead atoms. The molecule has 0 fully saturated rings. The Morgan fingerprint density at radius 2 is 1.82 bits per heavy atom. The third-order valence-electron chi connectivity index (χ3n) is 3.27. The Morgan fingerprint density at radius 3 is 2.59 bits per heavy atom. The lowest BCUT2D eigenvalue weighted by Crippen LogP contribution is -2.10. The number of fused-ring (bicyclic) bond motifs is 1. The second-order valence-corrected chi connectivity index (χ2v) is 4.74. The number of para-hydroxylation sites is 1. The molecule has 0 radical (unpaired) electrons. The molecule has 22 heavy (non-hydrogen) atoms. The molecule has 0 N–H and O–H groups in total. The molecular weight excluding hydrogens is 276 g/mol. The number of aromatic nitrogens is 1. The third-order valence-corrected chi connectivity index (χ3v) is 3.27. The van der Waals surface area contributed by atoms with E-state index in [0.717, 1.165) is 10.9 Å². The average Bonchev–Trinajstić information content (AvgIpc) is 2.59. The predicted molar refractivity (Wildman–Crippen MR) is 82.0 cm³/mol. The fraction of sp³-hybridized carbons (Fsp3) is 0.0556. The van der Waals surface area contributed by atoms with Gasteiger partial charge in [-0.25, -0.2) is 4.79 Å². The lowest BCUT2D eigenvalue weighted by atomic mass is 10.1. The summed E-state index contributed by atoms with van der Waals surface area (Å²) in [5.74, 6) is -0.527. The van der Waals surface area contributed by atoms with Gasteiger partial charge < -0.3 is 4.74 Å². The van der Waals surface area contributed by atoms with Gasteiger partial charge in [0.15, 0.2) is 0 Å². The summed E-state index contributed by atoms with van der Waals surface area (Å²) in [5.41, 5.74) is 1.80. The number of ether oxygens (including phenoxy) is 1. The zero-order chi connectivity index (χ0) is 15.4. The van der Waals surface area contributed by atoms with E-state index in [1.165, 1.54) is 0 Å². The van der Waals surface area contributed by atoms with Gasteiger partial charge in [-0.05, 0) is 24.3 Å². The van der Waals surface area contributed by atoms with E-state index in [1.807, 2.05) is 42.5 Å². The summed E-state index contributed by atoms with van der Waals surface area (Å²) in [7, 11) is 0. The number of carbonyl (C=O) groups is 1. The van der Waals surface area contributed by atoms with Crippen LogP contribution in [0.2, 0.25) is 0 Å². The Balaban J connectivity index is 1.87. The smallest absolute Gasteiger partial charge is 0.339 e. The van der Waals surface area contributed by atoms with Crippen LogP contribution in [-0.2, 0) is 4.74 Å². The van der Waals surface area contributed by atoms with Crippen LogP contribution < -0.4 is 0 Å². The first-order valence-electron chi connectivity index (χ1n) is 6.78. The second kappa shape index (κ2) is 6.06. The number of hydrogen-bond acceptors (Lipinski definition) is 4. The van der Waals surface area contributed by atoms with E-state index in [9.17, 15) is 10.1 Å². The van der Waals surface area contributed by atoms with Crippen LogP contribution in [0.1, 0.15) is 22.0 Å². The van der Waals surface area contributed by atoms with Crippen molar-refractivity contribution in [3.05, 3.63) is 78.0 Å². The molecule has 0 spiro atoms. The van der Waals surface area contributed by atoms with E-state index in [2.05, 4.69) is 4.98 Å². The van der Waals surface area contributed by atoms with E-state index in [1.54, 1.807) is 30.5 Å². The molecule has 1 aromatic heterocycles. The van der Waals surface area contributed by atoms with Gasteiger partial charge in [0.2, 0.25) is 6.10 Å². The topological polar surface area (TPSA) is 63.0 Å². The van der Waals surface area contributed by atoms with Gasteiger partial charge in [-0.1, -0.05) is 36.4 Å². The van der Waals surface area contributed by atoms with Crippen molar-refractivity contribution in [3.63, 3.8) is 0 Å². The Bertz CT molecular complexity index is 854. The molecule has 0 unspecified atom stereocenters. The van der Waals surface area contributed by atoms with Gasteiger partial charge in [-0.15, -0.1) is 0 Å². The van der Waals surface area contributed by atoms with Crippen molar-refractivity contribution in [2.24, 2.45) is 0 Å². The lowest BCUT2D eigenvalue weighted by Gasteiger charge is -2.11. The average molecular weight is 288 g/mol. The highest BCUT2D eigenvalue weighted by molar-refractivity contribution is 5.89. The van der Waals surface area contributed by atoms with Gasteiger partial charge in [-0.2, -0.15) is 5.26 Å². The number of nitrogens with zero attached hydrogens (tertiary/aromatic N) is 2. The lowest BCUT2D eigenvalue weighted by molar-refractivity contribution is 0.0404. The zero-order valence-electron chi connectivity index (χ0n) is 11.6. The molecule has 0 saturated carbocycles. The number of rotatable bonds is 3. The number of esters is 1. The van der Waals surface area contributed by atoms with E-state index in [-0.39, 0.29) is 0 Å². The Morgan fingerprint density at radius 1 is 1.09 bits per heavy atom.